The molecule has 0 aliphatic rings. The van der Waals surface area contributed by atoms with Crippen molar-refractivity contribution in [2.75, 3.05) is 0 Å². The number of rotatable bonds is 7. The van der Waals surface area contributed by atoms with Gasteiger partial charge in [0, 0.05) is 29.6 Å². The fourth-order valence-corrected chi connectivity index (χ4v) is 2.39. The maximum atomic E-state index is 11.9. The highest BCUT2D eigenvalue weighted by molar-refractivity contribution is 5.84. The molecule has 1 atom stereocenters. The fourth-order valence-electron chi connectivity index (χ4n) is 2.39. The number of carbonyl (C=O) groups is 2. The van der Waals surface area contributed by atoms with Crippen molar-refractivity contribution in [1.29, 1.82) is 0 Å². The first kappa shape index (κ1) is 15.1. The van der Waals surface area contributed by atoms with Crippen LogP contribution in [0.1, 0.15) is 31.7 Å². The van der Waals surface area contributed by atoms with E-state index in [0.29, 0.717) is 19.3 Å². The lowest BCUT2D eigenvalue weighted by atomic mass is 10.1. The van der Waals surface area contributed by atoms with Gasteiger partial charge in [0.1, 0.15) is 0 Å². The van der Waals surface area contributed by atoms with Gasteiger partial charge in [0.2, 0.25) is 5.91 Å². The second kappa shape index (κ2) is 6.92. The predicted octanol–water partition coefficient (Wildman–Crippen LogP) is 2.47. The minimum Gasteiger partial charge on any atom is -0.481 e. The van der Waals surface area contributed by atoms with Crippen LogP contribution in [0.2, 0.25) is 0 Å². The van der Waals surface area contributed by atoms with Crippen molar-refractivity contribution in [1.82, 2.24) is 10.3 Å². The average molecular weight is 288 g/mol. The van der Waals surface area contributed by atoms with E-state index in [1.165, 1.54) is 0 Å². The number of benzene rings is 1. The number of carbonyl (C=O) groups excluding carboxylic acids is 1. The number of carboxylic acids is 1. The molecule has 2 rings (SSSR count). The summed E-state index contributed by atoms with van der Waals surface area (Å²) < 4.78 is 0. The summed E-state index contributed by atoms with van der Waals surface area (Å²) in [6.45, 7) is 1.87. The first-order valence-electron chi connectivity index (χ1n) is 7.16. The number of aromatic nitrogens is 1. The molecule has 0 radical (unpaired) electrons. The third-order valence-corrected chi connectivity index (χ3v) is 3.58. The molecule has 5 nitrogen and oxygen atoms in total. The summed E-state index contributed by atoms with van der Waals surface area (Å²) in [5, 5.41) is 12.7. The standard InChI is InChI=1S/C16H20N2O3/c1-2-12(9-16(20)21)18-15(19)8-7-11-10-17-14-6-4-3-5-13(11)14/h3-6,10,12,17H,2,7-9H2,1H3,(H,18,19)(H,20,21). The number of aliphatic carboxylic acids is 1. The minimum absolute atomic E-state index is 0.0324. The Morgan fingerprint density at radius 1 is 1.33 bits per heavy atom. The number of aromatic amines is 1. The number of amides is 1. The van der Waals surface area contributed by atoms with Crippen molar-refractivity contribution in [3.63, 3.8) is 0 Å². The van der Waals surface area contributed by atoms with E-state index in [0.717, 1.165) is 16.5 Å². The number of nitrogens with one attached hydrogen (secondary N) is 2. The van der Waals surface area contributed by atoms with E-state index in [4.69, 9.17) is 5.11 Å². The Morgan fingerprint density at radius 2 is 2.10 bits per heavy atom. The van der Waals surface area contributed by atoms with E-state index in [1.54, 1.807) is 0 Å². The molecule has 0 spiro atoms. The van der Waals surface area contributed by atoms with Crippen molar-refractivity contribution >= 4 is 22.8 Å². The molecule has 1 amide bonds. The largest absolute Gasteiger partial charge is 0.481 e. The maximum Gasteiger partial charge on any atom is 0.305 e. The SMILES string of the molecule is CCC(CC(=O)O)NC(=O)CCc1c[nH]c2ccccc12. The molecule has 1 unspecified atom stereocenters. The molecule has 0 fully saturated rings. The van der Waals surface area contributed by atoms with Gasteiger partial charge in [-0.05, 0) is 24.5 Å². The van der Waals surface area contributed by atoms with E-state index >= 15 is 0 Å². The molecule has 0 saturated carbocycles. The highest BCUT2D eigenvalue weighted by Crippen LogP contribution is 2.18. The lowest BCUT2D eigenvalue weighted by molar-refractivity contribution is -0.137. The van der Waals surface area contributed by atoms with Crippen LogP contribution < -0.4 is 5.32 Å². The lowest BCUT2D eigenvalue weighted by Crippen LogP contribution is -2.36. The van der Waals surface area contributed by atoms with Crippen molar-refractivity contribution in [3.8, 4) is 0 Å². The number of fused-ring (bicyclic) bond motifs is 1. The van der Waals surface area contributed by atoms with Gasteiger partial charge >= 0.3 is 5.97 Å². The Kier molecular flexibility index (Phi) is 4.98. The summed E-state index contributed by atoms with van der Waals surface area (Å²) >= 11 is 0. The van der Waals surface area contributed by atoms with Crippen LogP contribution in [0.3, 0.4) is 0 Å². The fraction of sp³-hybridized carbons (Fsp3) is 0.375. The zero-order valence-electron chi connectivity index (χ0n) is 12.1. The zero-order valence-corrected chi connectivity index (χ0v) is 12.1. The van der Waals surface area contributed by atoms with E-state index < -0.39 is 5.97 Å². The molecule has 0 bridgehead atoms. The molecule has 0 aliphatic heterocycles. The number of para-hydroxylation sites is 1. The summed E-state index contributed by atoms with van der Waals surface area (Å²) in [7, 11) is 0. The Labute approximate surface area is 123 Å². The summed E-state index contributed by atoms with van der Waals surface area (Å²) in [4.78, 5) is 25.8. The van der Waals surface area contributed by atoms with Gasteiger partial charge in [0.25, 0.3) is 0 Å². The maximum absolute atomic E-state index is 11.9. The number of aryl methyl sites for hydroxylation is 1. The van der Waals surface area contributed by atoms with E-state index in [9.17, 15) is 9.59 Å². The first-order chi connectivity index (χ1) is 10.1. The van der Waals surface area contributed by atoms with Gasteiger partial charge in [-0.2, -0.15) is 0 Å². The topological polar surface area (TPSA) is 82.2 Å². The van der Waals surface area contributed by atoms with Crippen molar-refractivity contribution in [3.05, 3.63) is 36.0 Å². The smallest absolute Gasteiger partial charge is 0.305 e. The molecule has 3 N–H and O–H groups in total. The summed E-state index contributed by atoms with van der Waals surface area (Å²) in [5.41, 5.74) is 2.16. The highest BCUT2D eigenvalue weighted by atomic mass is 16.4. The monoisotopic (exact) mass is 288 g/mol. The molecule has 5 heteroatoms. The molecule has 1 heterocycles. The van der Waals surface area contributed by atoms with Crippen LogP contribution in [-0.4, -0.2) is 28.0 Å². The lowest BCUT2D eigenvalue weighted by Gasteiger charge is -2.14. The van der Waals surface area contributed by atoms with Crippen LogP contribution in [-0.2, 0) is 16.0 Å². The Hall–Kier alpha value is -2.30. The first-order valence-corrected chi connectivity index (χ1v) is 7.16. The third-order valence-electron chi connectivity index (χ3n) is 3.58. The van der Waals surface area contributed by atoms with Crippen LogP contribution in [0.25, 0.3) is 10.9 Å². The summed E-state index contributed by atoms with van der Waals surface area (Å²) in [5.74, 6) is -0.993. The van der Waals surface area contributed by atoms with Gasteiger partial charge in [0.05, 0.1) is 6.42 Å². The van der Waals surface area contributed by atoms with Crippen molar-refractivity contribution in [2.45, 2.75) is 38.6 Å². The quantitative estimate of drug-likeness (QED) is 0.732. The van der Waals surface area contributed by atoms with E-state index in [2.05, 4.69) is 10.3 Å². The third kappa shape index (κ3) is 4.08. The molecule has 0 saturated heterocycles. The average Bonchev–Trinajstić information content (AvgIpc) is 2.87. The van der Waals surface area contributed by atoms with Crippen molar-refractivity contribution < 1.29 is 14.7 Å². The molecule has 1 aromatic heterocycles. The van der Waals surface area contributed by atoms with Crippen LogP contribution in [0.5, 0.6) is 0 Å². The van der Waals surface area contributed by atoms with E-state index in [1.807, 2.05) is 37.4 Å². The number of carboxylic acid groups (broad SMARTS) is 1. The molecule has 21 heavy (non-hydrogen) atoms. The Bertz CT molecular complexity index is 633. The van der Waals surface area contributed by atoms with Crippen LogP contribution in [0, 0.1) is 0 Å². The van der Waals surface area contributed by atoms with Gasteiger partial charge in [-0.3, -0.25) is 9.59 Å². The second-order valence-electron chi connectivity index (χ2n) is 5.13. The number of hydrogen-bond donors (Lipinski definition) is 3. The van der Waals surface area contributed by atoms with Crippen LogP contribution in [0.15, 0.2) is 30.5 Å². The molecule has 112 valence electrons. The zero-order chi connectivity index (χ0) is 15.2. The van der Waals surface area contributed by atoms with Crippen molar-refractivity contribution in [2.24, 2.45) is 0 Å². The summed E-state index contributed by atoms with van der Waals surface area (Å²) in [6.07, 6.45) is 3.50. The van der Waals surface area contributed by atoms with Gasteiger partial charge < -0.3 is 15.4 Å². The molecule has 1 aromatic carbocycles. The van der Waals surface area contributed by atoms with Gasteiger partial charge in [-0.25, -0.2) is 0 Å². The van der Waals surface area contributed by atoms with Gasteiger partial charge in [0.15, 0.2) is 0 Å². The molecular formula is C16H20N2O3. The van der Waals surface area contributed by atoms with E-state index in [-0.39, 0.29) is 18.4 Å². The minimum atomic E-state index is -0.890. The Morgan fingerprint density at radius 3 is 2.81 bits per heavy atom. The Balaban J connectivity index is 1.90. The molecule has 2 aromatic rings. The molecule has 0 aliphatic carbocycles. The van der Waals surface area contributed by atoms with Gasteiger partial charge in [-0.15, -0.1) is 0 Å². The normalized spacial score (nSPS) is 12.2. The highest BCUT2D eigenvalue weighted by Gasteiger charge is 2.14. The second-order valence-corrected chi connectivity index (χ2v) is 5.13. The predicted molar refractivity (Wildman–Crippen MR) is 81.1 cm³/mol. The number of hydrogen-bond acceptors (Lipinski definition) is 2. The van der Waals surface area contributed by atoms with Crippen LogP contribution in [0.4, 0.5) is 0 Å². The van der Waals surface area contributed by atoms with Gasteiger partial charge in [-0.1, -0.05) is 25.1 Å². The molecular weight excluding hydrogens is 268 g/mol. The number of H-pyrrole nitrogens is 1. The van der Waals surface area contributed by atoms with Crippen LogP contribution >= 0.6 is 0 Å². The summed E-state index contributed by atoms with van der Waals surface area (Å²) in [6, 6.07) is 7.67.